The Bertz CT molecular complexity index is 1010. The molecule has 166 valence electrons. The van der Waals surface area contributed by atoms with E-state index >= 15 is 0 Å². The molecule has 32 heavy (non-hydrogen) atoms. The quantitative estimate of drug-likeness (QED) is 0.260. The van der Waals surface area contributed by atoms with Crippen LogP contribution in [0.15, 0.2) is 78.9 Å². The highest BCUT2D eigenvalue weighted by atomic mass is 16.5. The molecule has 3 aromatic carbocycles. The number of ether oxygens (including phenoxy) is 2. The highest BCUT2D eigenvalue weighted by Crippen LogP contribution is 2.26. The molecule has 0 amide bonds. The van der Waals surface area contributed by atoms with Gasteiger partial charge in [-0.3, -0.25) is 0 Å². The monoisotopic (exact) mass is 430 g/mol. The van der Waals surface area contributed by atoms with E-state index in [0.29, 0.717) is 23.8 Å². The zero-order chi connectivity index (χ0) is 22.8. The molecule has 0 bridgehead atoms. The van der Waals surface area contributed by atoms with E-state index in [1.807, 2.05) is 24.3 Å². The van der Waals surface area contributed by atoms with Crippen molar-refractivity contribution in [2.75, 3.05) is 0 Å². The summed E-state index contributed by atoms with van der Waals surface area (Å²) < 4.78 is 11.2. The van der Waals surface area contributed by atoms with Crippen molar-refractivity contribution in [3.05, 3.63) is 95.6 Å². The molecule has 0 aromatic heterocycles. The van der Waals surface area contributed by atoms with E-state index in [1.165, 1.54) is 0 Å². The normalized spacial score (nSPS) is 11.6. The first-order chi connectivity index (χ1) is 15.6. The summed E-state index contributed by atoms with van der Waals surface area (Å²) in [5.74, 6) is 0.183. The lowest BCUT2D eigenvalue weighted by Crippen LogP contribution is -2.21. The Morgan fingerprint density at radius 1 is 0.750 bits per heavy atom. The van der Waals surface area contributed by atoms with Crippen molar-refractivity contribution in [2.24, 2.45) is 5.92 Å². The Morgan fingerprint density at radius 2 is 1.34 bits per heavy atom. The fraction of sp³-hybridized carbons (Fsp3) is 0.286. The van der Waals surface area contributed by atoms with Gasteiger partial charge in [0.25, 0.3) is 0 Å². The summed E-state index contributed by atoms with van der Waals surface area (Å²) in [6.07, 6.45) is 5.06. The van der Waals surface area contributed by atoms with Crippen LogP contribution in [-0.4, -0.2) is 11.9 Å². The molecule has 0 heterocycles. The van der Waals surface area contributed by atoms with Crippen molar-refractivity contribution in [1.82, 2.24) is 0 Å². The van der Waals surface area contributed by atoms with Crippen LogP contribution in [0.2, 0.25) is 0 Å². The highest BCUT2D eigenvalue weighted by molar-refractivity contribution is 6.05. The first-order valence-corrected chi connectivity index (χ1v) is 11.3. The summed E-state index contributed by atoms with van der Waals surface area (Å²) in [5, 5.41) is 0. The van der Waals surface area contributed by atoms with Crippen molar-refractivity contribution < 1.29 is 19.1 Å². The van der Waals surface area contributed by atoms with Gasteiger partial charge in [-0.1, -0.05) is 88.1 Å². The molecule has 0 saturated carbocycles. The number of hydrogen-bond donors (Lipinski definition) is 0. The average Bonchev–Trinajstić information content (AvgIpc) is 2.82. The minimum atomic E-state index is -0.570. The van der Waals surface area contributed by atoms with Crippen LogP contribution < -0.4 is 9.47 Å². The molecule has 0 radical (unpaired) electrons. The van der Waals surface area contributed by atoms with Crippen LogP contribution in [0.3, 0.4) is 0 Å². The number of carbonyl (C=O) groups excluding carboxylic acids is 2. The lowest BCUT2D eigenvalue weighted by Gasteiger charge is -2.18. The number of carbonyl (C=O) groups is 2. The lowest BCUT2D eigenvalue weighted by atomic mass is 9.88. The highest BCUT2D eigenvalue weighted by Gasteiger charge is 2.25. The minimum absolute atomic E-state index is 0.220. The number of hydrogen-bond acceptors (Lipinski definition) is 4. The van der Waals surface area contributed by atoms with E-state index in [1.54, 1.807) is 54.6 Å². The van der Waals surface area contributed by atoms with Crippen LogP contribution in [0, 0.1) is 5.92 Å². The second kappa shape index (κ2) is 11.8. The number of para-hydroxylation sites is 2. The fourth-order valence-electron chi connectivity index (χ4n) is 3.73. The minimum Gasteiger partial charge on any atom is -0.423 e. The lowest BCUT2D eigenvalue weighted by molar-refractivity contribution is 0.0690. The maximum Gasteiger partial charge on any atom is 0.344 e. The molecule has 0 aliphatic heterocycles. The van der Waals surface area contributed by atoms with E-state index in [9.17, 15) is 9.59 Å². The third-order valence-corrected chi connectivity index (χ3v) is 5.53. The molecule has 4 heteroatoms. The van der Waals surface area contributed by atoms with E-state index in [0.717, 1.165) is 31.2 Å². The van der Waals surface area contributed by atoms with E-state index in [-0.39, 0.29) is 11.1 Å². The Morgan fingerprint density at radius 3 is 1.91 bits per heavy atom. The second-order valence-corrected chi connectivity index (χ2v) is 7.87. The Hall–Kier alpha value is -3.40. The van der Waals surface area contributed by atoms with Gasteiger partial charge in [0, 0.05) is 0 Å². The molecule has 0 N–H and O–H groups in total. The van der Waals surface area contributed by atoms with Crippen molar-refractivity contribution in [3.8, 4) is 11.5 Å². The van der Waals surface area contributed by atoms with Gasteiger partial charge in [0.2, 0.25) is 0 Å². The summed E-state index contributed by atoms with van der Waals surface area (Å²) in [7, 11) is 0. The van der Waals surface area contributed by atoms with E-state index in [4.69, 9.17) is 9.47 Å². The smallest absolute Gasteiger partial charge is 0.344 e. The fourth-order valence-corrected chi connectivity index (χ4v) is 3.73. The second-order valence-electron chi connectivity index (χ2n) is 7.87. The molecule has 1 unspecified atom stereocenters. The molecule has 0 fully saturated rings. The molecular weight excluding hydrogens is 400 g/mol. The van der Waals surface area contributed by atoms with Crippen LogP contribution in [0.4, 0.5) is 0 Å². The van der Waals surface area contributed by atoms with Crippen LogP contribution >= 0.6 is 0 Å². The van der Waals surface area contributed by atoms with Gasteiger partial charge in [-0.05, 0) is 48.2 Å². The number of rotatable bonds is 10. The van der Waals surface area contributed by atoms with Crippen molar-refractivity contribution in [3.63, 3.8) is 0 Å². The molecule has 3 rings (SSSR count). The SMILES string of the molecule is CCCCC(CC)Cc1cccc(C(=O)Oc2ccccc2)c1C(=O)Oc1ccccc1. The maximum atomic E-state index is 13.3. The van der Waals surface area contributed by atoms with Crippen molar-refractivity contribution in [1.29, 1.82) is 0 Å². The number of benzene rings is 3. The molecule has 0 aliphatic rings. The number of unbranched alkanes of at least 4 members (excludes halogenated alkanes) is 1. The average molecular weight is 431 g/mol. The summed E-state index contributed by atoms with van der Waals surface area (Å²) in [6, 6.07) is 23.1. The van der Waals surface area contributed by atoms with Crippen LogP contribution in [0.25, 0.3) is 0 Å². The maximum absolute atomic E-state index is 13.3. The van der Waals surface area contributed by atoms with Gasteiger partial charge in [0.05, 0.1) is 11.1 Å². The molecule has 0 spiro atoms. The van der Waals surface area contributed by atoms with Gasteiger partial charge < -0.3 is 9.47 Å². The standard InChI is InChI=1S/C28H30O4/c1-3-5-13-21(4-2)20-22-14-12-19-25(27(29)31-23-15-8-6-9-16-23)26(22)28(30)32-24-17-10-7-11-18-24/h6-12,14-19,21H,3-5,13,20H2,1-2H3. The Labute approximate surface area is 190 Å². The van der Waals surface area contributed by atoms with Crippen LogP contribution in [-0.2, 0) is 6.42 Å². The summed E-state index contributed by atoms with van der Waals surface area (Å²) >= 11 is 0. The summed E-state index contributed by atoms with van der Waals surface area (Å²) in [4.78, 5) is 26.3. The largest absolute Gasteiger partial charge is 0.423 e. The van der Waals surface area contributed by atoms with Gasteiger partial charge in [-0.25, -0.2) is 9.59 Å². The van der Waals surface area contributed by atoms with E-state index < -0.39 is 11.9 Å². The first kappa shape index (κ1) is 23.3. The van der Waals surface area contributed by atoms with Gasteiger partial charge in [0.1, 0.15) is 11.5 Å². The first-order valence-electron chi connectivity index (χ1n) is 11.3. The van der Waals surface area contributed by atoms with Gasteiger partial charge in [0.15, 0.2) is 0 Å². The molecule has 0 saturated heterocycles. The predicted molar refractivity (Wildman–Crippen MR) is 126 cm³/mol. The van der Waals surface area contributed by atoms with Gasteiger partial charge in [-0.15, -0.1) is 0 Å². The third-order valence-electron chi connectivity index (χ3n) is 5.53. The molecule has 0 aliphatic carbocycles. The van der Waals surface area contributed by atoms with Crippen molar-refractivity contribution >= 4 is 11.9 Å². The van der Waals surface area contributed by atoms with Crippen LogP contribution in [0.1, 0.15) is 65.8 Å². The molecule has 1 atom stereocenters. The van der Waals surface area contributed by atoms with E-state index in [2.05, 4.69) is 13.8 Å². The number of esters is 2. The third kappa shape index (κ3) is 6.30. The Balaban J connectivity index is 1.95. The van der Waals surface area contributed by atoms with Gasteiger partial charge in [-0.2, -0.15) is 0 Å². The molecule has 3 aromatic rings. The molecule has 4 nitrogen and oxygen atoms in total. The topological polar surface area (TPSA) is 52.6 Å². The Kier molecular flexibility index (Phi) is 8.61. The zero-order valence-electron chi connectivity index (χ0n) is 18.8. The molecular formula is C28H30O4. The van der Waals surface area contributed by atoms with Crippen LogP contribution in [0.5, 0.6) is 11.5 Å². The van der Waals surface area contributed by atoms with Gasteiger partial charge >= 0.3 is 11.9 Å². The predicted octanol–water partition coefficient (Wildman–Crippen LogP) is 6.88. The summed E-state index contributed by atoms with van der Waals surface area (Å²) in [5.41, 5.74) is 1.32. The van der Waals surface area contributed by atoms with Crippen molar-refractivity contribution in [2.45, 2.75) is 46.0 Å². The summed E-state index contributed by atoms with van der Waals surface area (Å²) in [6.45, 7) is 4.34. The zero-order valence-corrected chi connectivity index (χ0v) is 18.8.